The van der Waals surface area contributed by atoms with Crippen LogP contribution in [0.1, 0.15) is 106 Å². The molecule has 1 aromatic carbocycles. The van der Waals surface area contributed by atoms with Crippen LogP contribution < -0.4 is 14.2 Å². The highest BCUT2D eigenvalue weighted by Gasteiger charge is 2.62. The second kappa shape index (κ2) is 15.5. The van der Waals surface area contributed by atoms with Crippen molar-refractivity contribution in [3.63, 3.8) is 0 Å². The molecule has 1 saturated heterocycles. The van der Waals surface area contributed by atoms with Gasteiger partial charge in [0.1, 0.15) is 17.5 Å². The lowest BCUT2D eigenvalue weighted by atomic mass is 9.79. The third kappa shape index (κ3) is 8.71. The van der Waals surface area contributed by atoms with E-state index < -0.39 is 55.7 Å². The van der Waals surface area contributed by atoms with Crippen LogP contribution in [0.2, 0.25) is 0 Å². The number of nitrogens with zero attached hydrogens (tertiary/aromatic N) is 2. The molecule has 7 atom stereocenters. The van der Waals surface area contributed by atoms with Gasteiger partial charge in [0.25, 0.3) is 0 Å². The van der Waals surface area contributed by atoms with Gasteiger partial charge in [-0.3, -0.25) is 23.9 Å². The zero-order valence-corrected chi connectivity index (χ0v) is 34.1. The number of carbonyl (C=O) groups excluding carboxylic acids is 4. The molecule has 13 heteroatoms. The topological polar surface area (TPSA) is 158 Å². The number of rotatable bonds is 9. The molecule has 2 aliphatic carbocycles. The standard InChI is InChI=1S/C42H57N3O9S/c1-8-27-20-26(2)12-9-10-13-28-23-42(28,39(49)44-55(50,51)41(6)17-18-41)24-34(46)33-21-29(25-45(33)38(48)32(27)22-36(47)54-40(3,4)5)53-37-31-14-11-15-35(52-7)30(31)16-19-43-37/h10-11,13-16,19,26-29,32-33H,8-9,12,17-18,20-25H2,1-7H3,(H,44,49)/b13-10-/t26-,27-,28-,29-,32+,33+,42-/m1/s1. The fraction of sp³-hybridized carbons (Fsp3) is 0.643. The Bertz CT molecular complexity index is 1950. The van der Waals surface area contributed by atoms with E-state index >= 15 is 0 Å². The van der Waals surface area contributed by atoms with Crippen molar-refractivity contribution in [2.45, 2.75) is 128 Å². The smallest absolute Gasteiger partial charge is 0.307 e. The largest absolute Gasteiger partial charge is 0.496 e. The van der Waals surface area contributed by atoms with Gasteiger partial charge >= 0.3 is 5.97 Å². The van der Waals surface area contributed by atoms with Crippen LogP contribution in [-0.2, 0) is 33.9 Å². The van der Waals surface area contributed by atoms with E-state index in [0.29, 0.717) is 49.1 Å². The monoisotopic (exact) mass is 779 g/mol. The second-order valence-electron chi connectivity index (χ2n) is 17.6. The summed E-state index contributed by atoms with van der Waals surface area (Å²) in [6.07, 6.45) is 8.85. The molecule has 12 nitrogen and oxygen atoms in total. The Hall–Kier alpha value is -4.00. The Balaban J connectivity index is 1.37. The van der Waals surface area contributed by atoms with Gasteiger partial charge in [0.05, 0.1) is 42.2 Å². The number of esters is 1. The summed E-state index contributed by atoms with van der Waals surface area (Å²) in [5.74, 6) is -1.88. The number of methoxy groups -OCH3 is 1. The number of aromatic nitrogens is 1. The van der Waals surface area contributed by atoms with Gasteiger partial charge in [-0.2, -0.15) is 0 Å². The first-order chi connectivity index (χ1) is 25.9. The third-order valence-corrected chi connectivity index (χ3v) is 14.3. The summed E-state index contributed by atoms with van der Waals surface area (Å²) in [4.78, 5) is 63.2. The minimum absolute atomic E-state index is 0.0589. The molecule has 2 aromatic rings. The van der Waals surface area contributed by atoms with Crippen molar-refractivity contribution in [2.75, 3.05) is 13.7 Å². The second-order valence-corrected chi connectivity index (χ2v) is 19.8. The molecule has 2 aliphatic heterocycles. The van der Waals surface area contributed by atoms with Gasteiger partial charge in [-0.05, 0) is 102 Å². The summed E-state index contributed by atoms with van der Waals surface area (Å²) in [5.41, 5.74) is -2.01. The van der Waals surface area contributed by atoms with Crippen LogP contribution in [0.25, 0.3) is 10.8 Å². The first kappa shape index (κ1) is 40.7. The normalized spacial score (nSPS) is 30.3. The van der Waals surface area contributed by atoms with Crippen molar-refractivity contribution >= 4 is 44.4 Å². The number of hydrogen-bond donors (Lipinski definition) is 1. The molecule has 1 aromatic heterocycles. The van der Waals surface area contributed by atoms with Crippen molar-refractivity contribution in [2.24, 2.45) is 29.1 Å². The van der Waals surface area contributed by atoms with Crippen molar-refractivity contribution in [3.8, 4) is 11.6 Å². The van der Waals surface area contributed by atoms with E-state index in [1.165, 1.54) is 0 Å². The summed E-state index contributed by atoms with van der Waals surface area (Å²) in [5, 5.41) is 1.50. The highest BCUT2D eigenvalue weighted by molar-refractivity contribution is 7.91. The number of benzene rings is 1. The summed E-state index contributed by atoms with van der Waals surface area (Å²) >= 11 is 0. The molecular weight excluding hydrogens is 723 g/mol. The van der Waals surface area contributed by atoms with Crippen LogP contribution in [0.3, 0.4) is 0 Å². The first-order valence-corrected chi connectivity index (χ1v) is 21.3. The maximum Gasteiger partial charge on any atom is 0.307 e. The van der Waals surface area contributed by atoms with Crippen LogP contribution in [0.4, 0.5) is 0 Å². The van der Waals surface area contributed by atoms with Gasteiger partial charge in [0, 0.05) is 29.8 Å². The van der Waals surface area contributed by atoms with Crippen LogP contribution in [0.15, 0.2) is 42.6 Å². The fourth-order valence-corrected chi connectivity index (χ4v) is 9.82. The SMILES string of the molecule is CC[C@@H]1C[C@H](C)CC/C=C\[C@@H]2C[C@@]2(C(=O)NS(=O)(=O)C2(C)CC2)CC(=O)[C@@H]2C[C@@H](Oc3nccc4c(OC)cccc34)CN2C(=O)[C@H]1CC(=O)OC(C)(C)C. The molecule has 300 valence electrons. The van der Waals surface area contributed by atoms with Gasteiger partial charge in [-0.1, -0.05) is 38.5 Å². The number of carbonyl (C=O) groups is 4. The number of hydrogen-bond acceptors (Lipinski definition) is 10. The van der Waals surface area contributed by atoms with E-state index in [4.69, 9.17) is 14.2 Å². The highest BCUT2D eigenvalue weighted by atomic mass is 32.2. The number of sulfonamides is 1. The van der Waals surface area contributed by atoms with E-state index in [9.17, 15) is 27.6 Å². The number of amides is 2. The van der Waals surface area contributed by atoms with E-state index in [-0.39, 0.29) is 55.3 Å². The number of Topliss-reactive ketones (excluding diaryl/α,β-unsaturated/α-hetero) is 1. The Labute approximate surface area is 325 Å². The predicted octanol–water partition coefficient (Wildman–Crippen LogP) is 6.31. The molecule has 55 heavy (non-hydrogen) atoms. The molecule has 0 radical (unpaired) electrons. The average molecular weight is 780 g/mol. The summed E-state index contributed by atoms with van der Waals surface area (Å²) in [7, 11) is -2.36. The maximum atomic E-state index is 15.0. The summed E-state index contributed by atoms with van der Waals surface area (Å²) in [6, 6.07) is 6.40. The molecular formula is C42H57N3O9S. The number of nitrogens with one attached hydrogen (secondary N) is 1. The van der Waals surface area contributed by atoms with Gasteiger partial charge in [-0.15, -0.1) is 0 Å². The third-order valence-electron chi connectivity index (χ3n) is 12.2. The Morgan fingerprint density at radius 1 is 1.09 bits per heavy atom. The molecule has 0 spiro atoms. The molecule has 3 heterocycles. The molecule has 0 unspecified atom stereocenters. The van der Waals surface area contributed by atoms with E-state index in [1.54, 1.807) is 45.9 Å². The van der Waals surface area contributed by atoms with Crippen molar-refractivity contribution in [1.82, 2.24) is 14.6 Å². The molecule has 6 rings (SSSR count). The minimum atomic E-state index is -3.95. The van der Waals surface area contributed by atoms with Crippen molar-refractivity contribution in [3.05, 3.63) is 42.6 Å². The number of fused-ring (bicyclic) bond motifs is 3. The van der Waals surface area contributed by atoms with E-state index in [1.807, 2.05) is 43.3 Å². The van der Waals surface area contributed by atoms with Gasteiger partial charge < -0.3 is 19.1 Å². The maximum absolute atomic E-state index is 15.0. The van der Waals surface area contributed by atoms with Crippen molar-refractivity contribution < 1.29 is 41.8 Å². The molecule has 4 aliphatic rings. The first-order valence-electron chi connectivity index (χ1n) is 19.8. The zero-order chi connectivity index (χ0) is 39.9. The lowest BCUT2D eigenvalue weighted by Gasteiger charge is -2.33. The number of ether oxygens (including phenoxy) is 3. The Morgan fingerprint density at radius 2 is 1.84 bits per heavy atom. The fourth-order valence-electron chi connectivity index (χ4n) is 8.49. The van der Waals surface area contributed by atoms with Gasteiger partial charge in [-0.25, -0.2) is 13.4 Å². The predicted molar refractivity (Wildman–Crippen MR) is 208 cm³/mol. The summed E-state index contributed by atoms with van der Waals surface area (Å²) < 4.78 is 45.6. The molecule has 3 fully saturated rings. The minimum Gasteiger partial charge on any atom is -0.496 e. The molecule has 1 N–H and O–H groups in total. The van der Waals surface area contributed by atoms with Gasteiger partial charge in [0.15, 0.2) is 5.78 Å². The quantitative estimate of drug-likeness (QED) is 0.226. The number of allylic oxidation sites excluding steroid dienone is 2. The molecule has 2 saturated carbocycles. The zero-order valence-electron chi connectivity index (χ0n) is 33.3. The lowest BCUT2D eigenvalue weighted by Crippen LogP contribution is -2.48. The number of ketones is 1. The van der Waals surface area contributed by atoms with Crippen LogP contribution >= 0.6 is 0 Å². The molecule has 0 bridgehead atoms. The van der Waals surface area contributed by atoms with Gasteiger partial charge in [0.2, 0.25) is 27.7 Å². The summed E-state index contributed by atoms with van der Waals surface area (Å²) in [6.45, 7) is 11.2. The van der Waals surface area contributed by atoms with Crippen LogP contribution in [0, 0.1) is 29.1 Å². The van der Waals surface area contributed by atoms with Crippen molar-refractivity contribution in [1.29, 1.82) is 0 Å². The van der Waals surface area contributed by atoms with Crippen LogP contribution in [-0.4, -0.2) is 78.0 Å². The van der Waals surface area contributed by atoms with Crippen LogP contribution in [0.5, 0.6) is 11.6 Å². The number of pyridine rings is 1. The van der Waals surface area contributed by atoms with E-state index in [0.717, 1.165) is 18.2 Å². The highest BCUT2D eigenvalue weighted by Crippen LogP contribution is 2.58. The molecule has 2 amide bonds. The Kier molecular flexibility index (Phi) is 11.5. The lowest BCUT2D eigenvalue weighted by molar-refractivity contribution is -0.160. The average Bonchev–Trinajstić information content (AvgIpc) is 4.00. The Morgan fingerprint density at radius 3 is 2.51 bits per heavy atom. The van der Waals surface area contributed by atoms with E-state index in [2.05, 4.69) is 16.6 Å².